The molecule has 1 aromatic carbocycles. The normalized spacial score (nSPS) is 24.5. The molecule has 4 rings (SSSR count). The molecule has 0 bridgehead atoms. The monoisotopic (exact) mass is 449 g/mol. The summed E-state index contributed by atoms with van der Waals surface area (Å²) in [6.45, 7) is 15.8. The highest BCUT2D eigenvalue weighted by atomic mass is 32.2. The van der Waals surface area contributed by atoms with Crippen LogP contribution in [0.3, 0.4) is 0 Å². The summed E-state index contributed by atoms with van der Waals surface area (Å²) in [6.07, 6.45) is 14.8. The van der Waals surface area contributed by atoms with E-state index in [1.807, 2.05) is 0 Å². The van der Waals surface area contributed by atoms with Crippen molar-refractivity contribution in [3.05, 3.63) is 70.5 Å². The van der Waals surface area contributed by atoms with Gasteiger partial charge in [0.1, 0.15) is 0 Å². The number of allylic oxidation sites excluding steroid dienone is 2. The maximum atomic E-state index is 4.53. The first-order chi connectivity index (χ1) is 15.6. The summed E-state index contributed by atoms with van der Waals surface area (Å²) < 4.78 is 0. The summed E-state index contributed by atoms with van der Waals surface area (Å²) in [7, 11) is 0. The van der Waals surface area contributed by atoms with E-state index in [4.69, 9.17) is 0 Å². The molecule has 3 atom stereocenters. The van der Waals surface area contributed by atoms with Crippen LogP contribution in [-0.2, 0) is 12.8 Å². The molecule has 0 saturated carbocycles. The van der Waals surface area contributed by atoms with Crippen LogP contribution < -0.4 is 0 Å². The number of aryl methyl sites for hydroxylation is 2. The minimum Gasteiger partial charge on any atom is -0.366 e. The molecule has 32 heavy (non-hydrogen) atoms. The first-order valence-electron chi connectivity index (χ1n) is 13.2. The highest BCUT2D eigenvalue weighted by Crippen LogP contribution is 2.51. The van der Waals surface area contributed by atoms with E-state index in [1.165, 1.54) is 66.7 Å². The van der Waals surface area contributed by atoms with Crippen LogP contribution in [0.4, 0.5) is 0 Å². The number of unbranched alkanes of at least 4 members (excludes halogenated alkanes) is 3. The fraction of sp³-hybridized carbons (Fsp3) is 0.600. The van der Waals surface area contributed by atoms with Crippen molar-refractivity contribution in [2.45, 2.75) is 103 Å². The Balaban J connectivity index is 1.72. The van der Waals surface area contributed by atoms with Crippen molar-refractivity contribution in [3.8, 4) is 0 Å². The molecule has 174 valence electrons. The second-order valence-corrected chi connectivity index (χ2v) is 11.3. The van der Waals surface area contributed by atoms with E-state index in [-0.39, 0.29) is 0 Å². The highest BCUT2D eigenvalue weighted by Gasteiger charge is 2.43. The summed E-state index contributed by atoms with van der Waals surface area (Å²) in [5.74, 6) is 3.21. The Bertz CT molecular complexity index is 879. The zero-order valence-electron chi connectivity index (χ0n) is 20.7. The van der Waals surface area contributed by atoms with Gasteiger partial charge in [-0.3, -0.25) is 0 Å². The quantitative estimate of drug-likeness (QED) is 0.348. The summed E-state index contributed by atoms with van der Waals surface area (Å²) >= 11 is 2.16. The van der Waals surface area contributed by atoms with Gasteiger partial charge in [0, 0.05) is 23.9 Å². The Morgan fingerprint density at radius 3 is 2.62 bits per heavy atom. The second-order valence-electron chi connectivity index (χ2n) is 10.1. The maximum Gasteiger partial charge on any atom is 0.0583 e. The molecule has 0 N–H and O–H groups in total. The molecular formula is C30H43NS. The number of nitrogens with zero attached hydrogens (tertiary/aromatic N) is 1. The highest BCUT2D eigenvalue weighted by molar-refractivity contribution is 7.99. The van der Waals surface area contributed by atoms with E-state index in [2.05, 4.69) is 68.9 Å². The molecule has 3 aliphatic rings. The second kappa shape index (κ2) is 10.7. The van der Waals surface area contributed by atoms with Gasteiger partial charge < -0.3 is 4.90 Å². The Morgan fingerprint density at radius 2 is 1.88 bits per heavy atom. The lowest BCUT2D eigenvalue weighted by molar-refractivity contribution is 0.149. The van der Waals surface area contributed by atoms with Crippen molar-refractivity contribution in [2.24, 2.45) is 0 Å². The SMILES string of the molecule is C=C(CCC)C1=CN2C(CC1=C)c1cc(CC)c(CCCCCC)cc1C1CSCCC12. The molecular weight excluding hydrogens is 406 g/mol. The molecule has 3 unspecified atom stereocenters. The molecule has 1 saturated heterocycles. The van der Waals surface area contributed by atoms with Crippen molar-refractivity contribution in [1.29, 1.82) is 0 Å². The van der Waals surface area contributed by atoms with Crippen LogP contribution >= 0.6 is 11.8 Å². The summed E-state index contributed by atoms with van der Waals surface area (Å²) in [5.41, 5.74) is 10.4. The molecule has 0 radical (unpaired) electrons. The lowest BCUT2D eigenvalue weighted by atomic mass is 9.74. The van der Waals surface area contributed by atoms with Crippen molar-refractivity contribution in [2.75, 3.05) is 11.5 Å². The van der Waals surface area contributed by atoms with Gasteiger partial charge in [0.15, 0.2) is 0 Å². The van der Waals surface area contributed by atoms with Gasteiger partial charge in [0.25, 0.3) is 0 Å². The fourth-order valence-corrected chi connectivity index (χ4v) is 7.41. The van der Waals surface area contributed by atoms with E-state index in [1.54, 1.807) is 22.3 Å². The average molecular weight is 450 g/mol. The molecule has 3 heterocycles. The predicted molar refractivity (Wildman–Crippen MR) is 143 cm³/mol. The summed E-state index contributed by atoms with van der Waals surface area (Å²) in [5, 5.41) is 0. The van der Waals surface area contributed by atoms with Gasteiger partial charge in [0.05, 0.1) is 6.04 Å². The van der Waals surface area contributed by atoms with Gasteiger partial charge in [-0.25, -0.2) is 0 Å². The van der Waals surface area contributed by atoms with Gasteiger partial charge in [0.2, 0.25) is 0 Å². The molecule has 0 amide bonds. The number of hydrogen-bond donors (Lipinski definition) is 0. The molecule has 0 aromatic heterocycles. The van der Waals surface area contributed by atoms with Crippen LogP contribution in [0.15, 0.2) is 48.2 Å². The first kappa shape index (κ1) is 23.7. The maximum absolute atomic E-state index is 4.53. The van der Waals surface area contributed by atoms with Crippen LogP contribution in [0, 0.1) is 0 Å². The van der Waals surface area contributed by atoms with Crippen molar-refractivity contribution < 1.29 is 0 Å². The number of hydrogen-bond acceptors (Lipinski definition) is 2. The van der Waals surface area contributed by atoms with E-state index in [0.717, 1.165) is 25.7 Å². The number of benzene rings is 1. The molecule has 1 nitrogen and oxygen atoms in total. The Kier molecular flexibility index (Phi) is 7.92. The molecule has 0 spiro atoms. The minimum absolute atomic E-state index is 0.458. The zero-order chi connectivity index (χ0) is 22.7. The Morgan fingerprint density at radius 1 is 1.06 bits per heavy atom. The van der Waals surface area contributed by atoms with Gasteiger partial charge in [-0.15, -0.1) is 0 Å². The Hall–Kier alpha value is -1.41. The number of fused-ring (bicyclic) bond motifs is 6. The number of thioether (sulfide) groups is 1. The smallest absolute Gasteiger partial charge is 0.0583 e. The standard InChI is InChI=1S/C30H43NS/c1-6-9-10-11-13-24-18-25-26(17-23(24)8-3)30-16-22(5)27(21(4)12-7-2)19-31(30)29-14-15-32-20-28(25)29/h17-19,28-30H,4-16,20H2,1-3H3. The third-order valence-electron chi connectivity index (χ3n) is 7.94. The zero-order valence-corrected chi connectivity index (χ0v) is 21.5. The average Bonchev–Trinajstić information content (AvgIpc) is 2.81. The molecule has 3 aliphatic heterocycles. The van der Waals surface area contributed by atoms with Crippen molar-refractivity contribution >= 4 is 11.8 Å². The Labute approximate surface area is 201 Å². The van der Waals surface area contributed by atoms with Gasteiger partial charge in [-0.2, -0.15) is 11.8 Å². The predicted octanol–water partition coefficient (Wildman–Crippen LogP) is 8.52. The lowest BCUT2D eigenvalue weighted by Crippen LogP contribution is -2.47. The van der Waals surface area contributed by atoms with Crippen LogP contribution in [0.25, 0.3) is 0 Å². The lowest BCUT2D eigenvalue weighted by Gasteiger charge is -2.52. The first-order valence-corrected chi connectivity index (χ1v) is 14.3. The minimum atomic E-state index is 0.458. The summed E-state index contributed by atoms with van der Waals surface area (Å²) in [4.78, 5) is 2.75. The van der Waals surface area contributed by atoms with Crippen LogP contribution in [0.1, 0.15) is 106 Å². The largest absolute Gasteiger partial charge is 0.366 e. The third kappa shape index (κ3) is 4.63. The summed E-state index contributed by atoms with van der Waals surface area (Å²) in [6, 6.07) is 6.34. The van der Waals surface area contributed by atoms with E-state index < -0.39 is 0 Å². The molecule has 1 fully saturated rings. The molecule has 0 aliphatic carbocycles. The van der Waals surface area contributed by atoms with Crippen LogP contribution in [0.2, 0.25) is 0 Å². The van der Waals surface area contributed by atoms with E-state index >= 15 is 0 Å². The van der Waals surface area contributed by atoms with Crippen molar-refractivity contribution in [3.63, 3.8) is 0 Å². The molecule has 2 heteroatoms. The van der Waals surface area contributed by atoms with Gasteiger partial charge >= 0.3 is 0 Å². The topological polar surface area (TPSA) is 3.24 Å². The van der Waals surface area contributed by atoms with E-state index in [0.29, 0.717) is 18.0 Å². The molecule has 1 aromatic rings. The van der Waals surface area contributed by atoms with Gasteiger partial charge in [-0.1, -0.05) is 71.7 Å². The van der Waals surface area contributed by atoms with Crippen molar-refractivity contribution in [1.82, 2.24) is 4.90 Å². The van der Waals surface area contributed by atoms with E-state index in [9.17, 15) is 0 Å². The van der Waals surface area contributed by atoms with Crippen LogP contribution in [0.5, 0.6) is 0 Å². The number of rotatable bonds is 9. The fourth-order valence-electron chi connectivity index (χ4n) is 6.18. The van der Waals surface area contributed by atoms with Crippen LogP contribution in [-0.4, -0.2) is 22.4 Å². The third-order valence-corrected chi connectivity index (χ3v) is 9.06. The van der Waals surface area contributed by atoms with Gasteiger partial charge in [-0.05, 0) is 83.3 Å².